The van der Waals surface area contributed by atoms with Gasteiger partial charge in [0.2, 0.25) is 0 Å². The van der Waals surface area contributed by atoms with Crippen LogP contribution >= 0.6 is 0 Å². The molecule has 24 heavy (non-hydrogen) atoms. The summed E-state index contributed by atoms with van der Waals surface area (Å²) in [6, 6.07) is 3.49. The Hall–Kier alpha value is -1.57. The average Bonchev–Trinajstić information content (AvgIpc) is 3.10. The third-order valence-electron chi connectivity index (χ3n) is 4.69. The van der Waals surface area contributed by atoms with E-state index in [1.54, 1.807) is 0 Å². The lowest BCUT2D eigenvalue weighted by Crippen LogP contribution is -2.52. The predicted octanol–water partition coefficient (Wildman–Crippen LogP) is 1.43. The zero-order chi connectivity index (χ0) is 16.9. The highest BCUT2D eigenvalue weighted by molar-refractivity contribution is 5.94. The molecule has 2 fully saturated rings. The van der Waals surface area contributed by atoms with Crippen molar-refractivity contribution in [2.24, 2.45) is 5.92 Å². The fourth-order valence-corrected chi connectivity index (χ4v) is 3.36. The number of halogens is 2. The first kappa shape index (κ1) is 17.3. The molecule has 3 rings (SSSR count). The van der Waals surface area contributed by atoms with Gasteiger partial charge in [-0.25, -0.2) is 8.78 Å². The molecule has 2 heterocycles. The summed E-state index contributed by atoms with van der Waals surface area (Å²) in [6.07, 6.45) is 0.923. The van der Waals surface area contributed by atoms with Crippen LogP contribution in [-0.4, -0.2) is 62.9 Å². The molecule has 2 atom stereocenters. The summed E-state index contributed by atoms with van der Waals surface area (Å²) in [5.74, 6) is -2.11. The summed E-state index contributed by atoms with van der Waals surface area (Å²) in [4.78, 5) is 14.5. The van der Waals surface area contributed by atoms with Gasteiger partial charge in [0.05, 0.1) is 19.8 Å². The van der Waals surface area contributed by atoms with Crippen LogP contribution < -0.4 is 5.32 Å². The minimum absolute atomic E-state index is 0.0789. The molecular weight excluding hydrogens is 318 g/mol. The smallest absolute Gasteiger partial charge is 0.257 e. The number of hydrogen-bond donors (Lipinski definition) is 1. The molecule has 0 aliphatic carbocycles. The van der Waals surface area contributed by atoms with Crippen molar-refractivity contribution >= 4 is 5.91 Å². The van der Waals surface area contributed by atoms with Crippen LogP contribution in [0.3, 0.4) is 0 Å². The Morgan fingerprint density at radius 1 is 1.21 bits per heavy atom. The van der Waals surface area contributed by atoms with Crippen molar-refractivity contribution in [3.8, 4) is 0 Å². The van der Waals surface area contributed by atoms with Crippen LogP contribution in [0.1, 0.15) is 16.8 Å². The number of nitrogens with zero attached hydrogens (tertiary/aromatic N) is 1. The van der Waals surface area contributed by atoms with Crippen LogP contribution in [-0.2, 0) is 9.47 Å². The lowest BCUT2D eigenvalue weighted by atomic mass is 9.96. The van der Waals surface area contributed by atoms with Crippen molar-refractivity contribution in [3.63, 3.8) is 0 Å². The standard InChI is InChI=1S/C17H22F2N2O3/c18-13-2-1-3-14(19)16(13)17(22)20-10-15(12-4-7-24-11-12)21-5-8-23-9-6-21/h1-3,12,15H,4-11H2,(H,20,22). The van der Waals surface area contributed by atoms with Gasteiger partial charge in [0.1, 0.15) is 17.2 Å². The number of ether oxygens (including phenoxy) is 2. The number of amides is 1. The summed E-state index contributed by atoms with van der Waals surface area (Å²) < 4.78 is 38.3. The molecule has 2 saturated heterocycles. The fraction of sp³-hybridized carbons (Fsp3) is 0.588. The normalized spacial score (nSPS) is 23.2. The average molecular weight is 340 g/mol. The topological polar surface area (TPSA) is 50.8 Å². The van der Waals surface area contributed by atoms with Crippen LogP contribution in [0.4, 0.5) is 8.78 Å². The van der Waals surface area contributed by atoms with Crippen molar-refractivity contribution in [2.75, 3.05) is 46.1 Å². The molecule has 0 spiro atoms. The van der Waals surface area contributed by atoms with E-state index in [-0.39, 0.29) is 6.04 Å². The molecule has 2 aliphatic rings. The van der Waals surface area contributed by atoms with Gasteiger partial charge >= 0.3 is 0 Å². The zero-order valence-corrected chi connectivity index (χ0v) is 13.5. The summed E-state index contributed by atoms with van der Waals surface area (Å²) >= 11 is 0. The summed E-state index contributed by atoms with van der Waals surface area (Å²) in [7, 11) is 0. The molecule has 1 amide bonds. The molecule has 1 N–H and O–H groups in total. The fourth-order valence-electron chi connectivity index (χ4n) is 3.36. The molecule has 2 aliphatic heterocycles. The molecule has 2 unspecified atom stereocenters. The van der Waals surface area contributed by atoms with Gasteiger partial charge in [-0.15, -0.1) is 0 Å². The van der Waals surface area contributed by atoms with Crippen LogP contribution in [0.15, 0.2) is 18.2 Å². The van der Waals surface area contributed by atoms with Gasteiger partial charge in [0, 0.05) is 38.2 Å². The number of nitrogens with one attached hydrogen (secondary N) is 1. The number of carbonyl (C=O) groups is 1. The third-order valence-corrected chi connectivity index (χ3v) is 4.69. The first-order valence-corrected chi connectivity index (χ1v) is 8.28. The van der Waals surface area contributed by atoms with E-state index in [4.69, 9.17) is 9.47 Å². The van der Waals surface area contributed by atoms with Gasteiger partial charge in [-0.2, -0.15) is 0 Å². The Kier molecular flexibility index (Phi) is 5.76. The van der Waals surface area contributed by atoms with E-state index in [9.17, 15) is 13.6 Å². The number of benzene rings is 1. The van der Waals surface area contributed by atoms with Crippen LogP contribution in [0.5, 0.6) is 0 Å². The maximum absolute atomic E-state index is 13.7. The predicted molar refractivity (Wildman–Crippen MR) is 83.8 cm³/mol. The van der Waals surface area contributed by atoms with Gasteiger partial charge in [0.25, 0.3) is 5.91 Å². The van der Waals surface area contributed by atoms with Gasteiger partial charge in [-0.3, -0.25) is 9.69 Å². The maximum Gasteiger partial charge on any atom is 0.257 e. The second-order valence-electron chi connectivity index (χ2n) is 6.15. The molecule has 7 heteroatoms. The summed E-state index contributed by atoms with van der Waals surface area (Å²) in [6.45, 7) is 4.56. The highest BCUT2D eigenvalue weighted by Crippen LogP contribution is 2.22. The number of morpholine rings is 1. The van der Waals surface area contributed by atoms with Crippen LogP contribution in [0.2, 0.25) is 0 Å². The SMILES string of the molecule is O=C(NCC(C1CCOC1)N1CCOCC1)c1c(F)cccc1F. The Balaban J connectivity index is 1.67. The number of rotatable bonds is 5. The second-order valence-corrected chi connectivity index (χ2v) is 6.15. The molecule has 0 saturated carbocycles. The van der Waals surface area contributed by atoms with Crippen molar-refractivity contribution in [2.45, 2.75) is 12.5 Å². The minimum Gasteiger partial charge on any atom is -0.381 e. The van der Waals surface area contributed by atoms with Gasteiger partial charge in [0.15, 0.2) is 0 Å². The van der Waals surface area contributed by atoms with E-state index in [1.807, 2.05) is 0 Å². The molecule has 5 nitrogen and oxygen atoms in total. The number of hydrogen-bond acceptors (Lipinski definition) is 4. The summed E-state index contributed by atoms with van der Waals surface area (Å²) in [5, 5.41) is 2.70. The lowest BCUT2D eigenvalue weighted by molar-refractivity contribution is 0.00165. The molecule has 132 valence electrons. The highest BCUT2D eigenvalue weighted by Gasteiger charge is 2.32. The first-order chi connectivity index (χ1) is 11.7. The first-order valence-electron chi connectivity index (χ1n) is 8.28. The van der Waals surface area contributed by atoms with E-state index < -0.39 is 23.1 Å². The van der Waals surface area contributed by atoms with E-state index in [2.05, 4.69) is 10.2 Å². The Morgan fingerprint density at radius 3 is 2.54 bits per heavy atom. The lowest BCUT2D eigenvalue weighted by Gasteiger charge is -2.37. The van der Waals surface area contributed by atoms with E-state index in [0.717, 1.165) is 31.6 Å². The molecule has 0 bridgehead atoms. The molecule has 1 aromatic carbocycles. The van der Waals surface area contributed by atoms with Gasteiger partial charge < -0.3 is 14.8 Å². The monoisotopic (exact) mass is 340 g/mol. The van der Waals surface area contributed by atoms with Crippen molar-refractivity contribution in [3.05, 3.63) is 35.4 Å². The van der Waals surface area contributed by atoms with Crippen molar-refractivity contribution in [1.82, 2.24) is 10.2 Å². The summed E-state index contributed by atoms with van der Waals surface area (Å²) in [5.41, 5.74) is -0.527. The van der Waals surface area contributed by atoms with E-state index in [0.29, 0.717) is 38.9 Å². The third kappa shape index (κ3) is 3.91. The van der Waals surface area contributed by atoms with Gasteiger partial charge in [-0.1, -0.05) is 6.07 Å². The minimum atomic E-state index is -0.848. The van der Waals surface area contributed by atoms with Crippen LogP contribution in [0, 0.1) is 17.6 Å². The number of carbonyl (C=O) groups excluding carboxylic acids is 1. The second kappa shape index (κ2) is 8.00. The Bertz CT molecular complexity index is 553. The quantitative estimate of drug-likeness (QED) is 0.881. The maximum atomic E-state index is 13.7. The molecule has 0 radical (unpaired) electrons. The largest absolute Gasteiger partial charge is 0.381 e. The van der Waals surface area contributed by atoms with E-state index in [1.165, 1.54) is 6.07 Å². The van der Waals surface area contributed by atoms with Gasteiger partial charge in [-0.05, 0) is 18.6 Å². The molecule has 1 aromatic rings. The van der Waals surface area contributed by atoms with Crippen molar-refractivity contribution < 1.29 is 23.0 Å². The highest BCUT2D eigenvalue weighted by atomic mass is 19.1. The van der Waals surface area contributed by atoms with E-state index >= 15 is 0 Å². The Morgan fingerprint density at radius 2 is 1.92 bits per heavy atom. The zero-order valence-electron chi connectivity index (χ0n) is 13.5. The molecule has 0 aromatic heterocycles. The Labute approximate surface area is 139 Å². The van der Waals surface area contributed by atoms with Crippen LogP contribution in [0.25, 0.3) is 0 Å². The van der Waals surface area contributed by atoms with Crippen molar-refractivity contribution in [1.29, 1.82) is 0 Å². The molecular formula is C17H22F2N2O3.